The molecule has 88 valence electrons. The van der Waals surface area contributed by atoms with Gasteiger partial charge in [0.25, 0.3) is 0 Å². The first-order valence-corrected chi connectivity index (χ1v) is 4.94. The van der Waals surface area contributed by atoms with Crippen molar-refractivity contribution in [2.24, 2.45) is 7.05 Å². The number of aromatic nitrogens is 5. The van der Waals surface area contributed by atoms with E-state index >= 15 is 0 Å². The minimum Gasteiger partial charge on any atom is -0.480 e. The molecule has 2 aromatic rings. The fourth-order valence-electron chi connectivity index (χ4n) is 1.29. The van der Waals surface area contributed by atoms with E-state index in [4.69, 9.17) is 4.74 Å². The fourth-order valence-corrected chi connectivity index (χ4v) is 1.29. The molecule has 7 heteroatoms. The van der Waals surface area contributed by atoms with Crippen LogP contribution in [0, 0.1) is 0 Å². The second-order valence-electron chi connectivity index (χ2n) is 3.36. The zero-order valence-electron chi connectivity index (χ0n) is 9.49. The van der Waals surface area contributed by atoms with Crippen molar-refractivity contribution in [3.05, 3.63) is 30.0 Å². The van der Waals surface area contributed by atoms with E-state index in [1.54, 1.807) is 23.9 Å². The predicted octanol–water partition coefficient (Wildman–Crippen LogP) is 0.0391. The zero-order chi connectivity index (χ0) is 12.3. The van der Waals surface area contributed by atoms with E-state index in [9.17, 15) is 4.79 Å². The number of ketones is 1. The lowest BCUT2D eigenvalue weighted by atomic mass is 10.2. The number of hydrogen-bond acceptors (Lipinski definition) is 6. The van der Waals surface area contributed by atoms with Crippen LogP contribution in [0.1, 0.15) is 16.3 Å². The summed E-state index contributed by atoms with van der Waals surface area (Å²) in [6, 6.07) is 3.17. The van der Waals surface area contributed by atoms with E-state index in [-0.39, 0.29) is 17.9 Å². The molecule has 0 saturated carbocycles. The summed E-state index contributed by atoms with van der Waals surface area (Å²) in [6.07, 6.45) is 1.56. The van der Waals surface area contributed by atoms with Crippen LogP contribution in [0.4, 0.5) is 0 Å². The van der Waals surface area contributed by atoms with Crippen molar-refractivity contribution in [1.29, 1.82) is 0 Å². The van der Waals surface area contributed by atoms with Crippen LogP contribution in [0.3, 0.4) is 0 Å². The summed E-state index contributed by atoms with van der Waals surface area (Å²) in [7, 11) is 3.22. The number of hydrogen-bond donors (Lipinski definition) is 0. The third-order valence-corrected chi connectivity index (χ3v) is 2.26. The van der Waals surface area contributed by atoms with Crippen molar-refractivity contribution in [2.45, 2.75) is 6.42 Å². The van der Waals surface area contributed by atoms with Crippen LogP contribution in [-0.2, 0) is 13.5 Å². The maximum absolute atomic E-state index is 11.8. The molecule has 0 aromatic carbocycles. The molecule has 0 aliphatic rings. The summed E-state index contributed by atoms with van der Waals surface area (Å²) in [6.45, 7) is 0. The maximum atomic E-state index is 11.8. The van der Waals surface area contributed by atoms with Gasteiger partial charge < -0.3 is 4.74 Å². The first-order chi connectivity index (χ1) is 8.20. The molecule has 0 radical (unpaired) electrons. The monoisotopic (exact) mass is 233 g/mol. The van der Waals surface area contributed by atoms with Gasteiger partial charge in [-0.15, -0.1) is 10.2 Å². The van der Waals surface area contributed by atoms with E-state index in [1.807, 2.05) is 0 Å². The Bertz CT molecular complexity index is 520. The summed E-state index contributed by atoms with van der Waals surface area (Å²) < 4.78 is 6.41. The molecule has 7 nitrogen and oxygen atoms in total. The lowest BCUT2D eigenvalue weighted by Crippen LogP contribution is -2.11. The van der Waals surface area contributed by atoms with Gasteiger partial charge in [0.15, 0.2) is 5.78 Å². The molecule has 0 fully saturated rings. The van der Waals surface area contributed by atoms with Crippen molar-refractivity contribution in [1.82, 2.24) is 25.0 Å². The van der Waals surface area contributed by atoms with Crippen LogP contribution in [-0.4, -0.2) is 37.9 Å². The van der Waals surface area contributed by atoms with Gasteiger partial charge in [-0.25, -0.2) is 4.98 Å². The van der Waals surface area contributed by atoms with Crippen LogP contribution >= 0.6 is 0 Å². The molecule has 0 unspecified atom stereocenters. The Labute approximate surface area is 97.5 Å². The highest BCUT2D eigenvalue weighted by Gasteiger charge is 2.12. The summed E-state index contributed by atoms with van der Waals surface area (Å²) >= 11 is 0. The van der Waals surface area contributed by atoms with Gasteiger partial charge in [-0.2, -0.15) is 5.10 Å². The molecule has 0 saturated heterocycles. The Kier molecular flexibility index (Phi) is 3.08. The van der Waals surface area contributed by atoms with Crippen LogP contribution < -0.4 is 4.74 Å². The van der Waals surface area contributed by atoms with Gasteiger partial charge in [0.1, 0.15) is 17.8 Å². The van der Waals surface area contributed by atoms with Gasteiger partial charge >= 0.3 is 0 Å². The van der Waals surface area contributed by atoms with E-state index in [0.29, 0.717) is 11.7 Å². The van der Waals surface area contributed by atoms with E-state index in [1.165, 1.54) is 13.4 Å². The minimum absolute atomic E-state index is 0.150. The Morgan fingerprint density at radius 1 is 1.41 bits per heavy atom. The molecule has 0 aliphatic carbocycles. The smallest absolute Gasteiger partial charge is 0.233 e. The molecule has 0 bridgehead atoms. The van der Waals surface area contributed by atoms with E-state index in [0.717, 1.165) is 0 Å². The third kappa shape index (κ3) is 2.44. The number of nitrogens with zero attached hydrogens (tertiary/aromatic N) is 5. The summed E-state index contributed by atoms with van der Waals surface area (Å²) in [5, 5.41) is 11.4. The maximum Gasteiger partial charge on any atom is 0.233 e. The highest BCUT2D eigenvalue weighted by Crippen LogP contribution is 2.06. The molecule has 2 aromatic heterocycles. The first kappa shape index (κ1) is 11.2. The largest absolute Gasteiger partial charge is 0.480 e. The minimum atomic E-state index is -0.156. The van der Waals surface area contributed by atoms with Gasteiger partial charge in [-0.1, -0.05) is 0 Å². The van der Waals surface area contributed by atoms with Crippen LogP contribution in [0.25, 0.3) is 0 Å². The van der Waals surface area contributed by atoms with Crippen LogP contribution in [0.5, 0.6) is 5.88 Å². The highest BCUT2D eigenvalue weighted by atomic mass is 16.5. The quantitative estimate of drug-likeness (QED) is 0.693. The molecule has 0 N–H and O–H groups in total. The van der Waals surface area contributed by atoms with E-state index < -0.39 is 0 Å². The molecule has 0 amide bonds. The summed E-state index contributed by atoms with van der Waals surface area (Å²) in [4.78, 5) is 15.8. The van der Waals surface area contributed by atoms with Gasteiger partial charge in [-0.3, -0.25) is 9.48 Å². The predicted molar refractivity (Wildman–Crippen MR) is 57.6 cm³/mol. The second-order valence-corrected chi connectivity index (χ2v) is 3.36. The van der Waals surface area contributed by atoms with Gasteiger partial charge in [0.05, 0.1) is 13.5 Å². The lowest BCUT2D eigenvalue weighted by molar-refractivity contribution is 0.0983. The molecule has 0 spiro atoms. The molecular weight excluding hydrogens is 222 g/mol. The Balaban J connectivity index is 2.12. The molecule has 0 aliphatic heterocycles. The highest BCUT2D eigenvalue weighted by molar-refractivity contribution is 5.95. The standard InChI is InChI=1S/C10H11N5O2/c1-15-9(11-6-12-15)5-8(16)7-3-4-10(17-2)14-13-7/h3-4,6H,5H2,1-2H3. The fraction of sp³-hybridized carbons (Fsp3) is 0.300. The molecular formula is C10H11N5O2. The first-order valence-electron chi connectivity index (χ1n) is 4.94. The zero-order valence-corrected chi connectivity index (χ0v) is 9.49. The van der Waals surface area contributed by atoms with Crippen molar-refractivity contribution in [3.63, 3.8) is 0 Å². The summed E-state index contributed by atoms with van der Waals surface area (Å²) in [5.41, 5.74) is 0.286. The van der Waals surface area contributed by atoms with Crippen molar-refractivity contribution >= 4 is 5.78 Å². The van der Waals surface area contributed by atoms with Crippen molar-refractivity contribution in [3.8, 4) is 5.88 Å². The van der Waals surface area contributed by atoms with Crippen LogP contribution in [0.15, 0.2) is 18.5 Å². The average Bonchev–Trinajstić information content (AvgIpc) is 2.75. The molecule has 2 heterocycles. The van der Waals surface area contributed by atoms with Gasteiger partial charge in [0, 0.05) is 13.1 Å². The normalized spacial score (nSPS) is 10.2. The van der Waals surface area contributed by atoms with E-state index in [2.05, 4.69) is 20.3 Å². The van der Waals surface area contributed by atoms with Crippen molar-refractivity contribution in [2.75, 3.05) is 7.11 Å². The molecule has 0 atom stereocenters. The lowest BCUT2D eigenvalue weighted by Gasteiger charge is -2.00. The Hall–Kier alpha value is -2.31. The number of carbonyl (C=O) groups is 1. The number of carbonyl (C=O) groups excluding carboxylic acids is 1. The molecule has 2 rings (SSSR count). The van der Waals surface area contributed by atoms with Gasteiger partial charge in [-0.05, 0) is 6.07 Å². The Morgan fingerprint density at radius 2 is 2.24 bits per heavy atom. The number of Topliss-reactive ketones (excluding diaryl/α,β-unsaturated/α-hetero) is 1. The van der Waals surface area contributed by atoms with Crippen LogP contribution in [0.2, 0.25) is 0 Å². The third-order valence-electron chi connectivity index (χ3n) is 2.26. The summed E-state index contributed by atoms with van der Waals surface area (Å²) in [5.74, 6) is 0.809. The Morgan fingerprint density at radius 3 is 2.76 bits per heavy atom. The number of ether oxygens (including phenoxy) is 1. The topological polar surface area (TPSA) is 82.8 Å². The number of methoxy groups -OCH3 is 1. The van der Waals surface area contributed by atoms with Gasteiger partial charge in [0.2, 0.25) is 5.88 Å². The number of rotatable bonds is 4. The molecule has 17 heavy (non-hydrogen) atoms. The van der Waals surface area contributed by atoms with Crippen molar-refractivity contribution < 1.29 is 9.53 Å². The number of aryl methyl sites for hydroxylation is 1. The SMILES string of the molecule is COc1ccc(C(=O)Cc2ncnn2C)nn1. The second kappa shape index (κ2) is 4.69. The average molecular weight is 233 g/mol.